The van der Waals surface area contributed by atoms with Crippen LogP contribution < -0.4 is 4.74 Å². The zero-order valence-electron chi connectivity index (χ0n) is 9.10. The molecule has 1 aromatic carbocycles. The van der Waals surface area contributed by atoms with Crippen molar-refractivity contribution in [3.8, 4) is 11.5 Å². The minimum absolute atomic E-state index is 0.0710. The van der Waals surface area contributed by atoms with Gasteiger partial charge in [0.2, 0.25) is 0 Å². The first-order chi connectivity index (χ1) is 7.10. The van der Waals surface area contributed by atoms with Gasteiger partial charge in [-0.2, -0.15) is 0 Å². The lowest BCUT2D eigenvalue weighted by Gasteiger charge is -2.19. The fraction of sp³-hybridized carbons (Fsp3) is 0.455. The van der Waals surface area contributed by atoms with Gasteiger partial charge in [-0.1, -0.05) is 6.07 Å². The van der Waals surface area contributed by atoms with E-state index in [1.54, 1.807) is 19.1 Å². The molecule has 15 heavy (non-hydrogen) atoms. The number of phenols is 1. The number of hydrogen-bond donors (Lipinski definition) is 2. The molecule has 0 aliphatic carbocycles. The molecule has 1 aromatic rings. The molecule has 0 saturated carbocycles. The van der Waals surface area contributed by atoms with E-state index >= 15 is 0 Å². The van der Waals surface area contributed by atoms with Gasteiger partial charge < -0.3 is 19.7 Å². The Balaban J connectivity index is 3.03. The van der Waals surface area contributed by atoms with Crippen molar-refractivity contribution < 1.29 is 19.7 Å². The molecule has 2 atom stereocenters. The number of phenolic OH excluding ortho intramolecular Hbond substituents is 1. The normalized spacial score (nSPS) is 14.7. The highest BCUT2D eigenvalue weighted by atomic mass is 16.5. The second-order valence-corrected chi connectivity index (χ2v) is 3.33. The number of ether oxygens (including phenoxy) is 2. The van der Waals surface area contributed by atoms with Crippen LogP contribution in [0.5, 0.6) is 11.5 Å². The Labute approximate surface area is 89.1 Å². The molecule has 0 saturated heterocycles. The zero-order valence-corrected chi connectivity index (χ0v) is 9.10. The van der Waals surface area contributed by atoms with Crippen LogP contribution in [0.4, 0.5) is 0 Å². The SMILES string of the molecule is COc1cc([C@H](OC)[C@H](C)O)ccc1O. The van der Waals surface area contributed by atoms with Gasteiger partial charge in [-0.05, 0) is 24.6 Å². The summed E-state index contributed by atoms with van der Waals surface area (Å²) in [5.74, 6) is 0.442. The van der Waals surface area contributed by atoms with Crippen molar-refractivity contribution in [3.63, 3.8) is 0 Å². The second-order valence-electron chi connectivity index (χ2n) is 3.33. The summed E-state index contributed by atoms with van der Waals surface area (Å²) in [6.07, 6.45) is -1.04. The Bertz CT molecular complexity index is 322. The van der Waals surface area contributed by atoms with E-state index in [-0.39, 0.29) is 5.75 Å². The summed E-state index contributed by atoms with van der Waals surface area (Å²) in [6, 6.07) is 4.86. The number of methoxy groups -OCH3 is 2. The summed E-state index contributed by atoms with van der Waals surface area (Å²) >= 11 is 0. The Morgan fingerprint density at radius 1 is 1.27 bits per heavy atom. The van der Waals surface area contributed by atoms with Crippen LogP contribution in [0, 0.1) is 0 Å². The van der Waals surface area contributed by atoms with E-state index in [2.05, 4.69) is 0 Å². The van der Waals surface area contributed by atoms with Crippen molar-refractivity contribution in [1.82, 2.24) is 0 Å². The maximum Gasteiger partial charge on any atom is 0.160 e. The van der Waals surface area contributed by atoms with Crippen LogP contribution >= 0.6 is 0 Å². The highest BCUT2D eigenvalue weighted by Crippen LogP contribution is 2.31. The van der Waals surface area contributed by atoms with Gasteiger partial charge in [-0.15, -0.1) is 0 Å². The Hall–Kier alpha value is -1.26. The van der Waals surface area contributed by atoms with Gasteiger partial charge in [0.05, 0.1) is 13.2 Å². The molecule has 84 valence electrons. The van der Waals surface area contributed by atoms with Crippen molar-refractivity contribution in [2.75, 3.05) is 14.2 Å². The largest absolute Gasteiger partial charge is 0.504 e. The smallest absolute Gasteiger partial charge is 0.160 e. The molecule has 4 nitrogen and oxygen atoms in total. The number of rotatable bonds is 4. The predicted molar refractivity (Wildman–Crippen MR) is 56.1 cm³/mol. The fourth-order valence-corrected chi connectivity index (χ4v) is 1.48. The van der Waals surface area contributed by atoms with E-state index in [1.807, 2.05) is 0 Å². The minimum Gasteiger partial charge on any atom is -0.504 e. The third-order valence-corrected chi connectivity index (χ3v) is 2.22. The highest BCUT2D eigenvalue weighted by molar-refractivity contribution is 5.42. The van der Waals surface area contributed by atoms with Crippen LogP contribution in [-0.2, 0) is 4.74 Å². The van der Waals surface area contributed by atoms with Gasteiger partial charge in [0.15, 0.2) is 11.5 Å². The van der Waals surface area contributed by atoms with Crippen molar-refractivity contribution >= 4 is 0 Å². The molecule has 0 aliphatic rings. The van der Waals surface area contributed by atoms with Gasteiger partial charge in [-0.25, -0.2) is 0 Å². The summed E-state index contributed by atoms with van der Waals surface area (Å²) in [6.45, 7) is 1.65. The lowest BCUT2D eigenvalue weighted by Crippen LogP contribution is -2.16. The molecule has 0 unspecified atom stereocenters. The molecule has 2 N–H and O–H groups in total. The van der Waals surface area contributed by atoms with E-state index < -0.39 is 12.2 Å². The number of aliphatic hydroxyl groups is 1. The molecule has 0 radical (unpaired) electrons. The Kier molecular flexibility index (Phi) is 3.94. The number of hydrogen-bond acceptors (Lipinski definition) is 4. The molecular weight excluding hydrogens is 196 g/mol. The average molecular weight is 212 g/mol. The van der Waals surface area contributed by atoms with Crippen molar-refractivity contribution in [1.29, 1.82) is 0 Å². The number of aromatic hydroxyl groups is 1. The molecule has 0 aromatic heterocycles. The molecule has 0 heterocycles. The molecule has 0 spiro atoms. The predicted octanol–water partition coefficient (Wildman–Crippen LogP) is 1.47. The van der Waals surface area contributed by atoms with Crippen LogP contribution in [-0.4, -0.2) is 30.5 Å². The molecular formula is C11H16O4. The van der Waals surface area contributed by atoms with Crippen molar-refractivity contribution in [2.45, 2.75) is 19.1 Å². The summed E-state index contributed by atoms with van der Waals surface area (Å²) in [5, 5.41) is 18.9. The minimum atomic E-state index is -0.621. The van der Waals surface area contributed by atoms with Gasteiger partial charge in [0.1, 0.15) is 6.10 Å². The van der Waals surface area contributed by atoms with Crippen molar-refractivity contribution in [2.24, 2.45) is 0 Å². The van der Waals surface area contributed by atoms with Crippen LogP contribution in [0.3, 0.4) is 0 Å². The maximum absolute atomic E-state index is 9.47. The summed E-state index contributed by atoms with van der Waals surface area (Å²) < 4.78 is 10.1. The van der Waals surface area contributed by atoms with Gasteiger partial charge in [-0.3, -0.25) is 0 Å². The zero-order chi connectivity index (χ0) is 11.4. The molecule has 0 fully saturated rings. The van der Waals surface area contributed by atoms with Gasteiger partial charge >= 0.3 is 0 Å². The van der Waals surface area contributed by atoms with E-state index in [0.29, 0.717) is 5.75 Å². The monoisotopic (exact) mass is 212 g/mol. The second kappa shape index (κ2) is 5.00. The molecule has 0 aliphatic heterocycles. The van der Waals surface area contributed by atoms with Gasteiger partial charge in [0.25, 0.3) is 0 Å². The summed E-state index contributed by atoms with van der Waals surface area (Å²) in [5.41, 5.74) is 0.766. The summed E-state index contributed by atoms with van der Waals surface area (Å²) in [7, 11) is 3.00. The molecule has 0 amide bonds. The average Bonchev–Trinajstić information content (AvgIpc) is 2.21. The first-order valence-electron chi connectivity index (χ1n) is 4.68. The van der Waals surface area contributed by atoms with Gasteiger partial charge in [0, 0.05) is 7.11 Å². The van der Waals surface area contributed by atoms with Crippen LogP contribution in [0.1, 0.15) is 18.6 Å². The van der Waals surface area contributed by atoms with E-state index in [9.17, 15) is 10.2 Å². The highest BCUT2D eigenvalue weighted by Gasteiger charge is 2.17. The van der Waals surface area contributed by atoms with Crippen LogP contribution in [0.15, 0.2) is 18.2 Å². The van der Waals surface area contributed by atoms with Crippen molar-refractivity contribution in [3.05, 3.63) is 23.8 Å². The Morgan fingerprint density at radius 3 is 2.40 bits per heavy atom. The van der Waals surface area contributed by atoms with Crippen LogP contribution in [0.25, 0.3) is 0 Å². The topological polar surface area (TPSA) is 58.9 Å². The number of benzene rings is 1. The van der Waals surface area contributed by atoms with E-state index in [4.69, 9.17) is 9.47 Å². The first-order valence-corrected chi connectivity index (χ1v) is 4.68. The lowest BCUT2D eigenvalue weighted by atomic mass is 10.0. The van der Waals surface area contributed by atoms with E-state index in [1.165, 1.54) is 20.3 Å². The fourth-order valence-electron chi connectivity index (χ4n) is 1.48. The van der Waals surface area contributed by atoms with E-state index in [0.717, 1.165) is 5.56 Å². The molecule has 0 bridgehead atoms. The quantitative estimate of drug-likeness (QED) is 0.793. The molecule has 1 rings (SSSR count). The standard InChI is InChI=1S/C11H16O4/c1-7(12)11(15-3)8-4-5-9(13)10(6-8)14-2/h4-7,11-13H,1-3H3/t7-,11+/m0/s1. The first kappa shape index (κ1) is 11.8. The maximum atomic E-state index is 9.47. The lowest BCUT2D eigenvalue weighted by molar-refractivity contribution is -0.00360. The summed E-state index contributed by atoms with van der Waals surface area (Å²) in [4.78, 5) is 0. The third kappa shape index (κ3) is 2.61. The Morgan fingerprint density at radius 2 is 1.93 bits per heavy atom. The number of aliphatic hydroxyl groups excluding tert-OH is 1. The third-order valence-electron chi connectivity index (χ3n) is 2.22. The molecule has 4 heteroatoms. The van der Waals surface area contributed by atoms with Crippen LogP contribution in [0.2, 0.25) is 0 Å².